The molecule has 1 aromatic rings. The number of hydrogen-bond acceptors (Lipinski definition) is 4. The Morgan fingerprint density at radius 3 is 2.47 bits per heavy atom. The van der Waals surface area contributed by atoms with Gasteiger partial charge in [-0.25, -0.2) is 0 Å². The number of rotatable bonds is 5. The Labute approximate surface area is 122 Å². The second-order valence-electron chi connectivity index (χ2n) is 4.88. The van der Waals surface area contributed by atoms with Crippen LogP contribution >= 0.6 is 15.9 Å². The normalized spacial score (nSPS) is 11.5. The zero-order valence-corrected chi connectivity index (χ0v) is 13.6. The van der Waals surface area contributed by atoms with Crippen LogP contribution in [0.5, 0.6) is 5.75 Å². The van der Waals surface area contributed by atoms with Gasteiger partial charge in [0.15, 0.2) is 0 Å². The average molecular weight is 330 g/mol. The van der Waals surface area contributed by atoms with Gasteiger partial charge >= 0.3 is 5.97 Å². The van der Waals surface area contributed by atoms with Crippen LogP contribution in [-0.2, 0) is 16.1 Å². The second kappa shape index (κ2) is 6.39. The second-order valence-corrected chi connectivity index (χ2v) is 5.73. The summed E-state index contributed by atoms with van der Waals surface area (Å²) in [4.78, 5) is 13.7. The van der Waals surface area contributed by atoms with Crippen molar-refractivity contribution in [3.05, 3.63) is 28.2 Å². The minimum atomic E-state index is -0.666. The largest absolute Gasteiger partial charge is 0.496 e. The summed E-state index contributed by atoms with van der Waals surface area (Å²) in [6.45, 7) is 4.33. The maximum Gasteiger partial charge on any atom is 0.325 e. The van der Waals surface area contributed by atoms with E-state index in [2.05, 4.69) is 15.9 Å². The molecule has 0 fully saturated rings. The van der Waals surface area contributed by atoms with Crippen molar-refractivity contribution in [1.29, 1.82) is 0 Å². The molecule has 0 aliphatic heterocycles. The van der Waals surface area contributed by atoms with E-state index in [1.165, 1.54) is 7.11 Å². The number of ether oxygens (including phenoxy) is 2. The highest BCUT2D eigenvalue weighted by atomic mass is 79.9. The van der Waals surface area contributed by atoms with Gasteiger partial charge in [-0.3, -0.25) is 9.69 Å². The maximum absolute atomic E-state index is 11.7. The molecule has 0 atom stereocenters. The molecule has 4 nitrogen and oxygen atoms in total. The standard InChI is InChI=1S/C14H20BrNO3/c1-14(2,13(17)19-5)16(3)9-10-6-7-12(18-4)11(15)8-10/h6-8H,9H2,1-5H3. The molecule has 0 spiro atoms. The van der Waals surface area contributed by atoms with Gasteiger partial charge in [-0.05, 0) is 54.5 Å². The van der Waals surface area contributed by atoms with Crippen molar-refractivity contribution in [2.45, 2.75) is 25.9 Å². The van der Waals surface area contributed by atoms with E-state index in [1.54, 1.807) is 7.11 Å². The van der Waals surface area contributed by atoms with Crippen molar-refractivity contribution < 1.29 is 14.3 Å². The molecule has 0 amide bonds. The fourth-order valence-electron chi connectivity index (χ4n) is 1.69. The van der Waals surface area contributed by atoms with Gasteiger partial charge in [-0.1, -0.05) is 6.07 Å². The number of carbonyl (C=O) groups is 1. The number of benzene rings is 1. The molecule has 0 unspecified atom stereocenters. The van der Waals surface area contributed by atoms with Crippen LogP contribution in [-0.4, -0.2) is 37.7 Å². The number of esters is 1. The van der Waals surface area contributed by atoms with Gasteiger partial charge in [-0.2, -0.15) is 0 Å². The summed E-state index contributed by atoms with van der Waals surface area (Å²) in [6, 6.07) is 5.87. The number of carbonyl (C=O) groups excluding carboxylic acids is 1. The zero-order chi connectivity index (χ0) is 14.6. The van der Waals surface area contributed by atoms with Crippen molar-refractivity contribution >= 4 is 21.9 Å². The molecule has 106 valence electrons. The third-order valence-electron chi connectivity index (χ3n) is 3.28. The fraction of sp³-hybridized carbons (Fsp3) is 0.500. The molecule has 0 saturated carbocycles. The molecule has 0 bridgehead atoms. The molecule has 0 aromatic heterocycles. The van der Waals surface area contributed by atoms with Crippen molar-refractivity contribution in [2.75, 3.05) is 21.3 Å². The van der Waals surface area contributed by atoms with E-state index in [0.29, 0.717) is 6.54 Å². The highest BCUT2D eigenvalue weighted by molar-refractivity contribution is 9.10. The van der Waals surface area contributed by atoms with Gasteiger partial charge in [-0.15, -0.1) is 0 Å². The number of nitrogens with zero attached hydrogens (tertiary/aromatic N) is 1. The Balaban J connectivity index is 2.85. The molecular formula is C14H20BrNO3. The first-order chi connectivity index (χ1) is 8.82. The monoisotopic (exact) mass is 329 g/mol. The highest BCUT2D eigenvalue weighted by Crippen LogP contribution is 2.27. The predicted octanol–water partition coefficient (Wildman–Crippen LogP) is 2.84. The summed E-state index contributed by atoms with van der Waals surface area (Å²) in [5.74, 6) is 0.543. The van der Waals surface area contributed by atoms with Crippen molar-refractivity contribution in [1.82, 2.24) is 4.90 Å². The molecule has 0 aliphatic rings. The molecule has 0 radical (unpaired) electrons. The van der Waals surface area contributed by atoms with Gasteiger partial charge in [0.25, 0.3) is 0 Å². The Bertz CT molecular complexity index is 460. The topological polar surface area (TPSA) is 38.8 Å². The van der Waals surface area contributed by atoms with Crippen LogP contribution < -0.4 is 4.74 Å². The van der Waals surface area contributed by atoms with Crippen molar-refractivity contribution in [3.8, 4) is 5.75 Å². The van der Waals surface area contributed by atoms with E-state index in [-0.39, 0.29) is 5.97 Å². The van der Waals surface area contributed by atoms with E-state index >= 15 is 0 Å². The van der Waals surface area contributed by atoms with Gasteiger partial charge in [0.2, 0.25) is 0 Å². The van der Waals surface area contributed by atoms with E-state index in [0.717, 1.165) is 15.8 Å². The van der Waals surface area contributed by atoms with E-state index in [9.17, 15) is 4.79 Å². The summed E-state index contributed by atoms with van der Waals surface area (Å²) in [6.07, 6.45) is 0. The minimum Gasteiger partial charge on any atom is -0.496 e. The number of hydrogen-bond donors (Lipinski definition) is 0. The molecule has 0 aliphatic carbocycles. The summed E-state index contributed by atoms with van der Waals surface area (Å²) in [5, 5.41) is 0. The van der Waals surface area contributed by atoms with E-state index in [1.807, 2.05) is 44.0 Å². The van der Waals surface area contributed by atoms with Crippen molar-refractivity contribution in [3.63, 3.8) is 0 Å². The first-order valence-corrected chi connectivity index (χ1v) is 6.74. The quantitative estimate of drug-likeness (QED) is 0.778. The van der Waals surface area contributed by atoms with E-state index in [4.69, 9.17) is 9.47 Å². The fourth-order valence-corrected chi connectivity index (χ4v) is 2.27. The third kappa shape index (κ3) is 3.70. The van der Waals surface area contributed by atoms with Crippen LogP contribution in [0.25, 0.3) is 0 Å². The van der Waals surface area contributed by atoms with Crippen LogP contribution in [0.2, 0.25) is 0 Å². The number of halogens is 1. The van der Waals surface area contributed by atoms with E-state index < -0.39 is 5.54 Å². The Hall–Kier alpha value is -1.07. The van der Waals surface area contributed by atoms with Crippen LogP contribution in [0.3, 0.4) is 0 Å². The Morgan fingerprint density at radius 2 is 2.00 bits per heavy atom. The van der Waals surface area contributed by atoms with Crippen LogP contribution in [0.1, 0.15) is 19.4 Å². The lowest BCUT2D eigenvalue weighted by Gasteiger charge is -2.32. The summed E-state index contributed by atoms with van der Waals surface area (Å²) < 4.78 is 10.9. The maximum atomic E-state index is 11.7. The molecule has 1 rings (SSSR count). The Kier molecular flexibility index (Phi) is 5.38. The first kappa shape index (κ1) is 16.0. The lowest BCUT2D eigenvalue weighted by atomic mass is 10.0. The smallest absolute Gasteiger partial charge is 0.325 e. The summed E-state index contributed by atoms with van der Waals surface area (Å²) in [7, 11) is 4.93. The third-order valence-corrected chi connectivity index (χ3v) is 3.89. The molecule has 1 aromatic carbocycles. The molecular weight excluding hydrogens is 310 g/mol. The van der Waals surface area contributed by atoms with Gasteiger partial charge in [0.1, 0.15) is 11.3 Å². The summed E-state index contributed by atoms with van der Waals surface area (Å²) >= 11 is 3.46. The van der Waals surface area contributed by atoms with Crippen LogP contribution in [0, 0.1) is 0 Å². The summed E-state index contributed by atoms with van der Waals surface area (Å²) in [5.41, 5.74) is 0.424. The van der Waals surface area contributed by atoms with Crippen molar-refractivity contribution in [2.24, 2.45) is 0 Å². The average Bonchev–Trinajstić information content (AvgIpc) is 2.37. The SMILES string of the molecule is COC(=O)C(C)(C)N(C)Cc1ccc(OC)c(Br)c1. The lowest BCUT2D eigenvalue weighted by Crippen LogP contribution is -2.48. The van der Waals surface area contributed by atoms with Gasteiger partial charge < -0.3 is 9.47 Å². The lowest BCUT2D eigenvalue weighted by molar-refractivity contribution is -0.152. The molecule has 19 heavy (non-hydrogen) atoms. The molecule has 0 N–H and O–H groups in total. The zero-order valence-electron chi connectivity index (χ0n) is 12.0. The van der Waals surface area contributed by atoms with Crippen LogP contribution in [0.15, 0.2) is 22.7 Å². The van der Waals surface area contributed by atoms with Crippen LogP contribution in [0.4, 0.5) is 0 Å². The highest BCUT2D eigenvalue weighted by Gasteiger charge is 2.33. The molecule has 0 heterocycles. The molecule has 5 heteroatoms. The van der Waals surface area contributed by atoms with Gasteiger partial charge in [0, 0.05) is 6.54 Å². The predicted molar refractivity (Wildman–Crippen MR) is 78.3 cm³/mol. The molecule has 0 saturated heterocycles. The number of likely N-dealkylation sites (N-methyl/N-ethyl adjacent to an activating group) is 1. The first-order valence-electron chi connectivity index (χ1n) is 5.95. The Morgan fingerprint density at radius 1 is 1.37 bits per heavy atom. The van der Waals surface area contributed by atoms with Gasteiger partial charge in [0.05, 0.1) is 18.7 Å². The number of methoxy groups -OCH3 is 2. The minimum absolute atomic E-state index is 0.248.